The SMILES string of the molecule is CP(=O)(CCC(N)C(=O)N=O)N=O. The van der Waals surface area contributed by atoms with Crippen LogP contribution in [0.15, 0.2) is 10.1 Å². The van der Waals surface area contributed by atoms with Gasteiger partial charge in [-0.05, 0) is 11.4 Å². The van der Waals surface area contributed by atoms with Crippen LogP contribution in [0.5, 0.6) is 0 Å². The van der Waals surface area contributed by atoms with E-state index in [1.165, 1.54) is 6.66 Å². The van der Waals surface area contributed by atoms with Crippen LogP contribution in [-0.2, 0) is 9.36 Å². The molecule has 0 aliphatic heterocycles. The van der Waals surface area contributed by atoms with Crippen LogP contribution < -0.4 is 5.73 Å². The molecule has 2 atom stereocenters. The molecule has 0 fully saturated rings. The zero-order valence-electron chi connectivity index (χ0n) is 7.04. The van der Waals surface area contributed by atoms with Crippen LogP contribution >= 0.6 is 7.29 Å². The molecule has 0 spiro atoms. The number of nitrogens with zero attached hydrogens (tertiary/aromatic N) is 2. The molecule has 8 heteroatoms. The van der Waals surface area contributed by atoms with Crippen LogP contribution in [0, 0.1) is 9.81 Å². The van der Waals surface area contributed by atoms with Gasteiger partial charge in [0.1, 0.15) is 0 Å². The third kappa shape index (κ3) is 4.59. The monoisotopic (exact) mass is 207 g/mol. The van der Waals surface area contributed by atoms with Crippen molar-refractivity contribution in [1.29, 1.82) is 0 Å². The van der Waals surface area contributed by atoms with E-state index in [0.29, 0.717) is 0 Å². The Kier molecular flexibility index (Phi) is 4.58. The smallest absolute Gasteiger partial charge is 0.302 e. The molecule has 0 rings (SSSR count). The van der Waals surface area contributed by atoms with Crippen LogP contribution in [-0.4, -0.2) is 24.8 Å². The fourth-order valence-electron chi connectivity index (χ4n) is 0.611. The molecule has 2 unspecified atom stereocenters. The average molecular weight is 207 g/mol. The minimum atomic E-state index is -3.08. The van der Waals surface area contributed by atoms with Gasteiger partial charge in [-0.1, -0.05) is 0 Å². The first-order valence-corrected chi connectivity index (χ1v) is 5.76. The van der Waals surface area contributed by atoms with Crippen molar-refractivity contribution in [2.24, 2.45) is 15.9 Å². The molecule has 0 aromatic carbocycles. The molecule has 7 nitrogen and oxygen atoms in total. The van der Waals surface area contributed by atoms with Gasteiger partial charge in [0, 0.05) is 18.0 Å². The number of nitroso groups, excluding NO2 is 2. The standard InChI is InChI=1S/C5H10N3O4P/c1-13(12,8-11)3-2-4(6)5(9)7-10/h4H,2-3,6H2,1H3. The Morgan fingerprint density at radius 1 is 1.54 bits per heavy atom. The maximum absolute atomic E-state index is 11.0. The molecule has 0 saturated heterocycles. The largest absolute Gasteiger partial charge is 0.320 e. The highest BCUT2D eigenvalue weighted by Crippen LogP contribution is 2.42. The Labute approximate surface area is 74.4 Å². The number of nitrogens with two attached hydrogens (primary N) is 1. The van der Waals surface area contributed by atoms with Crippen molar-refractivity contribution in [1.82, 2.24) is 0 Å². The normalized spacial score (nSPS) is 17.1. The molecule has 0 bridgehead atoms. The molecule has 0 aliphatic rings. The summed E-state index contributed by atoms with van der Waals surface area (Å²) in [6, 6.07) is -1.09. The summed E-state index contributed by atoms with van der Waals surface area (Å²) in [5.74, 6) is -1.01. The predicted octanol–water partition coefficient (Wildman–Crippen LogP) is 0.671. The van der Waals surface area contributed by atoms with Gasteiger partial charge in [0.25, 0.3) is 0 Å². The molecule has 0 aromatic heterocycles. The molecule has 0 saturated carbocycles. The minimum Gasteiger partial charge on any atom is -0.320 e. The summed E-state index contributed by atoms with van der Waals surface area (Å²) in [6.07, 6.45) is -0.108. The quantitative estimate of drug-likeness (QED) is 0.524. The van der Waals surface area contributed by atoms with Gasteiger partial charge >= 0.3 is 5.91 Å². The lowest BCUT2D eigenvalue weighted by Crippen LogP contribution is -2.29. The molecule has 13 heavy (non-hydrogen) atoms. The van der Waals surface area contributed by atoms with Crippen molar-refractivity contribution in [2.45, 2.75) is 12.5 Å². The first kappa shape index (κ1) is 12.1. The van der Waals surface area contributed by atoms with Gasteiger partial charge in [0.2, 0.25) is 7.29 Å². The Balaban J connectivity index is 4.03. The van der Waals surface area contributed by atoms with Crippen LogP contribution in [0.25, 0.3) is 0 Å². The van der Waals surface area contributed by atoms with Crippen molar-refractivity contribution in [3.8, 4) is 0 Å². The third-order valence-electron chi connectivity index (χ3n) is 1.43. The molecule has 0 heterocycles. The van der Waals surface area contributed by atoms with Gasteiger partial charge in [-0.2, -0.15) is 0 Å². The Bertz CT molecular complexity index is 267. The molecular weight excluding hydrogens is 197 g/mol. The fourth-order valence-corrected chi connectivity index (χ4v) is 1.45. The number of amides is 1. The zero-order chi connectivity index (χ0) is 10.5. The first-order chi connectivity index (χ1) is 5.93. The lowest BCUT2D eigenvalue weighted by atomic mass is 10.2. The van der Waals surface area contributed by atoms with E-state index < -0.39 is 19.2 Å². The van der Waals surface area contributed by atoms with Gasteiger partial charge in [-0.15, -0.1) is 9.81 Å². The van der Waals surface area contributed by atoms with E-state index in [0.717, 1.165) is 0 Å². The van der Waals surface area contributed by atoms with Crippen molar-refractivity contribution in [2.75, 3.05) is 12.8 Å². The number of carbonyl (C=O) groups excluding carboxylic acids is 1. The molecule has 74 valence electrons. The van der Waals surface area contributed by atoms with E-state index in [1.807, 2.05) is 0 Å². The fraction of sp³-hybridized carbons (Fsp3) is 0.800. The van der Waals surface area contributed by atoms with Gasteiger partial charge in [0.15, 0.2) is 0 Å². The summed E-state index contributed by atoms with van der Waals surface area (Å²) in [7, 11) is -3.08. The number of hydrogen-bond donors (Lipinski definition) is 1. The number of rotatable bonds is 5. The second-order valence-electron chi connectivity index (χ2n) is 2.68. The Morgan fingerprint density at radius 3 is 2.46 bits per heavy atom. The molecule has 0 aliphatic carbocycles. The Morgan fingerprint density at radius 2 is 2.08 bits per heavy atom. The second kappa shape index (κ2) is 4.94. The van der Waals surface area contributed by atoms with Crippen molar-refractivity contribution >= 4 is 13.2 Å². The highest BCUT2D eigenvalue weighted by molar-refractivity contribution is 7.61. The van der Waals surface area contributed by atoms with Crippen LogP contribution in [0.1, 0.15) is 6.42 Å². The summed E-state index contributed by atoms with van der Waals surface area (Å²) >= 11 is 0. The third-order valence-corrected chi connectivity index (χ3v) is 2.87. The van der Waals surface area contributed by atoms with Crippen LogP contribution in [0.4, 0.5) is 0 Å². The lowest BCUT2D eigenvalue weighted by molar-refractivity contribution is -0.119. The summed E-state index contributed by atoms with van der Waals surface area (Å²) in [5, 5.41) is 2.10. The molecular formula is C5H10N3O4P. The molecule has 0 aromatic rings. The van der Waals surface area contributed by atoms with Gasteiger partial charge in [0.05, 0.1) is 6.04 Å². The zero-order valence-corrected chi connectivity index (χ0v) is 7.94. The van der Waals surface area contributed by atoms with Crippen molar-refractivity contribution in [3.63, 3.8) is 0 Å². The molecule has 2 N–H and O–H groups in total. The van der Waals surface area contributed by atoms with E-state index in [9.17, 15) is 19.2 Å². The van der Waals surface area contributed by atoms with Crippen LogP contribution in [0.3, 0.4) is 0 Å². The molecule has 0 radical (unpaired) electrons. The topological polar surface area (TPSA) is 119 Å². The maximum Gasteiger partial charge on any atom is 0.302 e. The summed E-state index contributed by atoms with van der Waals surface area (Å²) in [5.41, 5.74) is 5.18. The predicted molar refractivity (Wildman–Crippen MR) is 47.6 cm³/mol. The summed E-state index contributed by atoms with van der Waals surface area (Å²) in [6.45, 7) is 1.19. The van der Waals surface area contributed by atoms with E-state index in [1.54, 1.807) is 0 Å². The Hall–Kier alpha value is -0.940. The highest BCUT2D eigenvalue weighted by Gasteiger charge is 2.21. The lowest BCUT2D eigenvalue weighted by Gasteiger charge is -2.06. The summed E-state index contributed by atoms with van der Waals surface area (Å²) in [4.78, 5) is 32.6. The van der Waals surface area contributed by atoms with E-state index in [-0.39, 0.29) is 12.6 Å². The minimum absolute atomic E-state index is 0.0237. The number of carbonyl (C=O) groups is 1. The van der Waals surface area contributed by atoms with E-state index in [4.69, 9.17) is 5.73 Å². The van der Waals surface area contributed by atoms with E-state index in [2.05, 4.69) is 10.1 Å². The highest BCUT2D eigenvalue weighted by atomic mass is 31.2. The second-order valence-corrected chi connectivity index (χ2v) is 5.39. The molecule has 1 amide bonds. The first-order valence-electron chi connectivity index (χ1n) is 3.47. The van der Waals surface area contributed by atoms with Gasteiger partial charge in [-0.3, -0.25) is 9.36 Å². The van der Waals surface area contributed by atoms with Gasteiger partial charge in [-0.25, -0.2) is 0 Å². The average Bonchev–Trinajstić information content (AvgIpc) is 2.13. The van der Waals surface area contributed by atoms with Crippen molar-refractivity contribution < 1.29 is 9.36 Å². The van der Waals surface area contributed by atoms with Gasteiger partial charge < -0.3 is 5.73 Å². The number of hydrogen-bond acceptors (Lipinski definition) is 5. The van der Waals surface area contributed by atoms with Crippen LogP contribution in [0.2, 0.25) is 0 Å². The van der Waals surface area contributed by atoms with Crippen molar-refractivity contribution in [3.05, 3.63) is 9.81 Å². The van der Waals surface area contributed by atoms with E-state index >= 15 is 0 Å². The summed E-state index contributed by atoms with van der Waals surface area (Å²) < 4.78 is 11.0. The maximum atomic E-state index is 11.0.